The van der Waals surface area contributed by atoms with Gasteiger partial charge < -0.3 is 4.90 Å². The Morgan fingerprint density at radius 2 is 2.27 bits per heavy atom. The van der Waals surface area contributed by atoms with Crippen LogP contribution in [-0.4, -0.2) is 32.7 Å². The van der Waals surface area contributed by atoms with Crippen molar-refractivity contribution in [2.75, 3.05) is 13.6 Å². The van der Waals surface area contributed by atoms with Gasteiger partial charge in [0.1, 0.15) is 5.84 Å². The standard InChI is InChI=1S/C5H9FN2O2S/c1-8-4-2-3-5(8)7-11(6,9)10/h2-4H2,1H3. The molecule has 0 radical (unpaired) electrons. The zero-order valence-corrected chi connectivity index (χ0v) is 6.93. The van der Waals surface area contributed by atoms with Crippen LogP contribution in [0.3, 0.4) is 0 Å². The fraction of sp³-hybridized carbons (Fsp3) is 0.800. The van der Waals surface area contributed by atoms with Crippen LogP contribution < -0.4 is 0 Å². The quantitative estimate of drug-likeness (QED) is 0.546. The molecule has 0 spiro atoms. The second-order valence-electron chi connectivity index (χ2n) is 2.44. The SMILES string of the molecule is CN1CCCC1=NS(=O)(=O)F. The lowest BCUT2D eigenvalue weighted by Crippen LogP contribution is -2.19. The van der Waals surface area contributed by atoms with Crippen LogP contribution in [0.5, 0.6) is 0 Å². The summed E-state index contributed by atoms with van der Waals surface area (Å²) in [6.07, 6.45) is 1.38. The molecule has 6 heteroatoms. The van der Waals surface area contributed by atoms with Gasteiger partial charge in [-0.3, -0.25) is 0 Å². The molecule has 0 bridgehead atoms. The molecule has 0 N–H and O–H groups in total. The summed E-state index contributed by atoms with van der Waals surface area (Å²) in [5.41, 5.74) is 0. The Morgan fingerprint density at radius 1 is 1.64 bits per heavy atom. The first-order valence-corrected chi connectivity index (χ1v) is 4.57. The molecule has 1 saturated heterocycles. The molecular formula is C5H9FN2O2S. The monoisotopic (exact) mass is 180 g/mol. The Bertz CT molecular complexity index is 272. The van der Waals surface area contributed by atoms with Crippen LogP contribution in [-0.2, 0) is 10.4 Å². The third-order valence-corrected chi connectivity index (χ3v) is 1.98. The molecule has 0 atom stereocenters. The topological polar surface area (TPSA) is 49.7 Å². The van der Waals surface area contributed by atoms with Crippen LogP contribution in [0.15, 0.2) is 4.40 Å². The maximum atomic E-state index is 12.0. The van der Waals surface area contributed by atoms with Crippen molar-refractivity contribution in [2.45, 2.75) is 12.8 Å². The van der Waals surface area contributed by atoms with E-state index in [1.54, 1.807) is 11.9 Å². The summed E-state index contributed by atoms with van der Waals surface area (Å²) in [6.45, 7) is 0.744. The van der Waals surface area contributed by atoms with E-state index in [1.807, 2.05) is 0 Å². The van der Waals surface area contributed by atoms with Crippen LogP contribution in [0.25, 0.3) is 0 Å². The highest BCUT2D eigenvalue weighted by molar-refractivity contribution is 7.85. The third kappa shape index (κ3) is 2.45. The summed E-state index contributed by atoms with van der Waals surface area (Å²) < 4.78 is 35.0. The van der Waals surface area contributed by atoms with Crippen molar-refractivity contribution >= 4 is 16.2 Å². The number of rotatable bonds is 1. The van der Waals surface area contributed by atoms with E-state index >= 15 is 0 Å². The molecule has 64 valence electrons. The smallest absolute Gasteiger partial charge is 0.362 e. The average molecular weight is 180 g/mol. The molecule has 0 amide bonds. The maximum Gasteiger partial charge on any atom is 0.419 e. The first-order valence-electron chi connectivity index (χ1n) is 3.23. The molecule has 0 aromatic carbocycles. The molecule has 0 aromatic rings. The fourth-order valence-electron chi connectivity index (χ4n) is 1.04. The molecule has 1 fully saturated rings. The van der Waals surface area contributed by atoms with Gasteiger partial charge in [0.25, 0.3) is 0 Å². The minimum atomic E-state index is -4.69. The molecular weight excluding hydrogens is 171 g/mol. The van der Waals surface area contributed by atoms with Crippen molar-refractivity contribution in [1.29, 1.82) is 0 Å². The predicted molar refractivity (Wildman–Crippen MR) is 39.3 cm³/mol. The molecule has 0 saturated carbocycles. The Balaban J connectivity index is 2.82. The second-order valence-corrected chi connectivity index (χ2v) is 3.45. The van der Waals surface area contributed by atoms with Gasteiger partial charge in [0, 0.05) is 20.0 Å². The zero-order chi connectivity index (χ0) is 8.48. The van der Waals surface area contributed by atoms with E-state index in [4.69, 9.17) is 0 Å². The van der Waals surface area contributed by atoms with E-state index in [1.165, 1.54) is 0 Å². The third-order valence-electron chi connectivity index (χ3n) is 1.55. The average Bonchev–Trinajstić information content (AvgIpc) is 2.12. The predicted octanol–water partition coefficient (Wildman–Crippen LogP) is 0.325. The van der Waals surface area contributed by atoms with Crippen LogP contribution >= 0.6 is 0 Å². The van der Waals surface area contributed by atoms with Crippen LogP contribution in [0, 0.1) is 0 Å². The summed E-state index contributed by atoms with van der Waals surface area (Å²) in [4.78, 5) is 1.64. The number of halogens is 1. The highest BCUT2D eigenvalue weighted by Crippen LogP contribution is 2.10. The number of likely N-dealkylation sites (tertiary alicyclic amines) is 1. The molecule has 0 unspecified atom stereocenters. The Hall–Kier alpha value is -0.650. The van der Waals surface area contributed by atoms with Crippen LogP contribution in [0.2, 0.25) is 0 Å². The Kier molecular flexibility index (Phi) is 2.12. The van der Waals surface area contributed by atoms with Gasteiger partial charge in [-0.05, 0) is 6.42 Å². The summed E-state index contributed by atoms with van der Waals surface area (Å²) in [6, 6.07) is 0. The minimum absolute atomic E-state index is 0.313. The first kappa shape index (κ1) is 8.45. The summed E-state index contributed by atoms with van der Waals surface area (Å²) in [5.74, 6) is 0.313. The molecule has 4 nitrogen and oxygen atoms in total. The van der Waals surface area contributed by atoms with Gasteiger partial charge in [-0.1, -0.05) is 3.89 Å². The van der Waals surface area contributed by atoms with Crippen molar-refractivity contribution in [3.8, 4) is 0 Å². The summed E-state index contributed by atoms with van der Waals surface area (Å²) >= 11 is 0. The molecule has 0 aliphatic carbocycles. The number of hydrogen-bond donors (Lipinski definition) is 0. The van der Waals surface area contributed by atoms with E-state index in [0.717, 1.165) is 13.0 Å². The highest BCUT2D eigenvalue weighted by atomic mass is 32.3. The molecule has 11 heavy (non-hydrogen) atoms. The van der Waals surface area contributed by atoms with Crippen LogP contribution in [0.1, 0.15) is 12.8 Å². The molecule has 1 rings (SSSR count). The fourth-order valence-corrected chi connectivity index (χ4v) is 1.52. The highest BCUT2D eigenvalue weighted by Gasteiger charge is 2.17. The second kappa shape index (κ2) is 2.77. The zero-order valence-electron chi connectivity index (χ0n) is 6.12. The van der Waals surface area contributed by atoms with Crippen molar-refractivity contribution in [3.63, 3.8) is 0 Å². The lowest BCUT2D eigenvalue weighted by molar-refractivity contribution is 0.540. The maximum absolute atomic E-state index is 12.0. The minimum Gasteiger partial charge on any atom is -0.362 e. The summed E-state index contributed by atoms with van der Waals surface area (Å²) in [7, 11) is -3.00. The van der Waals surface area contributed by atoms with E-state index in [0.29, 0.717) is 12.3 Å². The van der Waals surface area contributed by atoms with Gasteiger partial charge in [-0.25, -0.2) is 0 Å². The molecule has 1 heterocycles. The van der Waals surface area contributed by atoms with Crippen molar-refractivity contribution in [3.05, 3.63) is 0 Å². The number of amidine groups is 1. The first-order chi connectivity index (χ1) is 4.99. The molecule has 0 aromatic heterocycles. The Labute approximate surface area is 65.1 Å². The summed E-state index contributed by atoms with van der Waals surface area (Å²) in [5, 5.41) is 0. The van der Waals surface area contributed by atoms with Crippen molar-refractivity contribution in [2.24, 2.45) is 4.40 Å². The van der Waals surface area contributed by atoms with Crippen molar-refractivity contribution in [1.82, 2.24) is 4.90 Å². The van der Waals surface area contributed by atoms with E-state index in [9.17, 15) is 12.3 Å². The van der Waals surface area contributed by atoms with Gasteiger partial charge in [-0.2, -0.15) is 8.42 Å². The lowest BCUT2D eigenvalue weighted by Gasteiger charge is -2.08. The van der Waals surface area contributed by atoms with E-state index < -0.39 is 10.4 Å². The molecule has 1 aliphatic heterocycles. The van der Waals surface area contributed by atoms with Crippen LogP contribution in [0.4, 0.5) is 3.89 Å². The van der Waals surface area contributed by atoms with Gasteiger partial charge in [0.2, 0.25) is 0 Å². The molecule has 1 aliphatic rings. The van der Waals surface area contributed by atoms with E-state index in [2.05, 4.69) is 4.40 Å². The Morgan fingerprint density at radius 3 is 2.64 bits per heavy atom. The van der Waals surface area contributed by atoms with Gasteiger partial charge >= 0.3 is 10.4 Å². The van der Waals surface area contributed by atoms with Gasteiger partial charge in [-0.15, -0.1) is 4.40 Å². The number of nitrogens with zero attached hydrogens (tertiary/aromatic N) is 2. The van der Waals surface area contributed by atoms with Crippen molar-refractivity contribution < 1.29 is 12.3 Å². The van der Waals surface area contributed by atoms with Gasteiger partial charge in [0.05, 0.1) is 0 Å². The van der Waals surface area contributed by atoms with E-state index in [-0.39, 0.29) is 0 Å². The number of hydrogen-bond acceptors (Lipinski definition) is 2. The lowest BCUT2D eigenvalue weighted by atomic mass is 10.4. The van der Waals surface area contributed by atoms with Gasteiger partial charge in [0.15, 0.2) is 0 Å². The normalized spacial score (nSPS) is 23.1. The largest absolute Gasteiger partial charge is 0.419 e.